The molecule has 2 N–H and O–H groups in total. The molecule has 1 aliphatic carbocycles. The molecule has 3 nitrogen and oxygen atoms in total. The summed E-state index contributed by atoms with van der Waals surface area (Å²) in [7, 11) is 4.57. The first-order chi connectivity index (χ1) is 9.04. The van der Waals surface area contributed by atoms with Gasteiger partial charge in [0.15, 0.2) is 0 Å². The summed E-state index contributed by atoms with van der Waals surface area (Å²) in [6, 6.07) is 0.738. The van der Waals surface area contributed by atoms with Crippen LogP contribution >= 0.6 is 0 Å². The first-order valence-corrected chi connectivity index (χ1v) is 8.13. The highest BCUT2D eigenvalue weighted by atomic mass is 15.2. The van der Waals surface area contributed by atoms with Gasteiger partial charge in [0.1, 0.15) is 0 Å². The molecular formula is C16H33N3. The van der Waals surface area contributed by atoms with Crippen LogP contribution in [0.5, 0.6) is 0 Å². The molecule has 2 rings (SSSR count). The van der Waals surface area contributed by atoms with E-state index in [4.69, 9.17) is 5.73 Å². The van der Waals surface area contributed by atoms with E-state index in [0.29, 0.717) is 5.41 Å². The number of nitrogens with zero attached hydrogens (tertiary/aromatic N) is 2. The molecule has 0 amide bonds. The van der Waals surface area contributed by atoms with E-state index in [9.17, 15) is 0 Å². The fourth-order valence-electron chi connectivity index (χ4n) is 3.96. The molecule has 1 atom stereocenters. The maximum Gasteiger partial charge on any atom is 0.0220 e. The smallest absolute Gasteiger partial charge is 0.0220 e. The molecule has 0 aromatic carbocycles. The largest absolute Gasteiger partial charge is 0.330 e. The van der Waals surface area contributed by atoms with Gasteiger partial charge in [-0.25, -0.2) is 0 Å². The van der Waals surface area contributed by atoms with Gasteiger partial charge in [0, 0.05) is 19.1 Å². The van der Waals surface area contributed by atoms with Gasteiger partial charge in [0.05, 0.1) is 0 Å². The fraction of sp³-hybridized carbons (Fsp3) is 1.00. The average Bonchev–Trinajstić information content (AvgIpc) is 2.42. The van der Waals surface area contributed by atoms with Crippen molar-refractivity contribution in [2.24, 2.45) is 17.1 Å². The normalized spacial score (nSPS) is 37.7. The Balaban J connectivity index is 1.90. The highest BCUT2D eigenvalue weighted by molar-refractivity contribution is 4.90. The van der Waals surface area contributed by atoms with E-state index in [0.717, 1.165) is 18.5 Å². The second-order valence-corrected chi connectivity index (χ2v) is 7.36. The van der Waals surface area contributed by atoms with Gasteiger partial charge in [-0.05, 0) is 64.2 Å². The van der Waals surface area contributed by atoms with E-state index in [1.165, 1.54) is 58.2 Å². The predicted molar refractivity (Wildman–Crippen MR) is 82.3 cm³/mol. The zero-order valence-electron chi connectivity index (χ0n) is 13.2. The Kier molecular flexibility index (Phi) is 5.27. The average molecular weight is 267 g/mol. The number of hydrogen-bond donors (Lipinski definition) is 1. The SMILES string of the molecule is CC1CCC(CN)(CN(C)C2CCCN(C)C2)CC1. The molecule has 1 aliphatic heterocycles. The van der Waals surface area contributed by atoms with E-state index in [2.05, 4.69) is 30.8 Å². The lowest BCUT2D eigenvalue weighted by molar-refractivity contribution is 0.0601. The standard InChI is InChI=1S/C16H33N3/c1-14-6-8-16(12-17,9-7-14)13-19(3)15-5-4-10-18(2)11-15/h14-15H,4-13,17H2,1-3H3. The summed E-state index contributed by atoms with van der Waals surface area (Å²) in [5.74, 6) is 0.908. The van der Waals surface area contributed by atoms with Crippen molar-refractivity contribution < 1.29 is 0 Å². The lowest BCUT2D eigenvalue weighted by Gasteiger charge is -2.44. The van der Waals surface area contributed by atoms with Crippen molar-refractivity contribution in [3.05, 3.63) is 0 Å². The van der Waals surface area contributed by atoms with Gasteiger partial charge < -0.3 is 15.5 Å². The van der Waals surface area contributed by atoms with Crippen molar-refractivity contribution in [3.63, 3.8) is 0 Å². The number of piperidine rings is 1. The summed E-state index contributed by atoms with van der Waals surface area (Å²) in [6.45, 7) is 6.96. The van der Waals surface area contributed by atoms with Crippen molar-refractivity contribution >= 4 is 0 Å². The molecule has 3 heteroatoms. The third-order valence-corrected chi connectivity index (χ3v) is 5.58. The number of likely N-dealkylation sites (N-methyl/N-ethyl adjacent to an activating group) is 2. The van der Waals surface area contributed by atoms with Crippen LogP contribution in [0.2, 0.25) is 0 Å². The van der Waals surface area contributed by atoms with Crippen molar-refractivity contribution in [2.45, 2.75) is 51.5 Å². The second-order valence-electron chi connectivity index (χ2n) is 7.36. The predicted octanol–water partition coefficient (Wildman–Crippen LogP) is 2.17. The molecule has 2 aliphatic rings. The molecule has 1 heterocycles. The number of likely N-dealkylation sites (tertiary alicyclic amines) is 1. The summed E-state index contributed by atoms with van der Waals surface area (Å²) < 4.78 is 0. The fourth-order valence-corrected chi connectivity index (χ4v) is 3.96. The molecule has 19 heavy (non-hydrogen) atoms. The Morgan fingerprint density at radius 3 is 2.53 bits per heavy atom. The van der Waals surface area contributed by atoms with Crippen LogP contribution in [0, 0.1) is 11.3 Å². The minimum atomic E-state index is 0.400. The first-order valence-electron chi connectivity index (χ1n) is 8.13. The third kappa shape index (κ3) is 3.93. The number of nitrogens with two attached hydrogens (primary N) is 1. The summed E-state index contributed by atoms with van der Waals surface area (Å²) in [5.41, 5.74) is 6.55. The summed E-state index contributed by atoms with van der Waals surface area (Å²) in [4.78, 5) is 5.08. The highest BCUT2D eigenvalue weighted by Gasteiger charge is 2.35. The molecule has 0 bridgehead atoms. The van der Waals surface area contributed by atoms with Crippen LogP contribution in [-0.4, -0.2) is 56.1 Å². The van der Waals surface area contributed by atoms with Crippen LogP contribution in [0.4, 0.5) is 0 Å². The quantitative estimate of drug-likeness (QED) is 0.847. The van der Waals surface area contributed by atoms with Crippen LogP contribution in [0.25, 0.3) is 0 Å². The van der Waals surface area contributed by atoms with Crippen molar-refractivity contribution in [1.29, 1.82) is 0 Å². The molecule has 1 saturated carbocycles. The van der Waals surface area contributed by atoms with Gasteiger partial charge in [0.25, 0.3) is 0 Å². The Morgan fingerprint density at radius 2 is 1.95 bits per heavy atom. The molecule has 1 saturated heterocycles. The topological polar surface area (TPSA) is 32.5 Å². The molecular weight excluding hydrogens is 234 g/mol. The minimum Gasteiger partial charge on any atom is -0.330 e. The lowest BCUT2D eigenvalue weighted by Crippen LogP contribution is -2.51. The summed E-state index contributed by atoms with van der Waals surface area (Å²) in [6.07, 6.45) is 8.11. The Bertz CT molecular complexity index is 271. The van der Waals surface area contributed by atoms with E-state index >= 15 is 0 Å². The van der Waals surface area contributed by atoms with Crippen LogP contribution < -0.4 is 5.73 Å². The van der Waals surface area contributed by atoms with Crippen molar-refractivity contribution in [2.75, 3.05) is 40.3 Å². The van der Waals surface area contributed by atoms with E-state index < -0.39 is 0 Å². The first kappa shape index (κ1) is 15.3. The second kappa shape index (κ2) is 6.55. The summed E-state index contributed by atoms with van der Waals surface area (Å²) >= 11 is 0. The molecule has 0 aromatic heterocycles. The van der Waals surface area contributed by atoms with Crippen LogP contribution in [0.1, 0.15) is 45.4 Å². The van der Waals surface area contributed by atoms with Crippen molar-refractivity contribution in [3.8, 4) is 0 Å². The highest BCUT2D eigenvalue weighted by Crippen LogP contribution is 2.39. The molecule has 1 unspecified atom stereocenters. The zero-order valence-corrected chi connectivity index (χ0v) is 13.2. The molecule has 112 valence electrons. The van der Waals surface area contributed by atoms with Gasteiger partial charge >= 0.3 is 0 Å². The Labute approximate surface area is 119 Å². The maximum atomic E-state index is 6.15. The van der Waals surface area contributed by atoms with E-state index in [1.54, 1.807) is 0 Å². The van der Waals surface area contributed by atoms with Gasteiger partial charge in [-0.15, -0.1) is 0 Å². The van der Waals surface area contributed by atoms with Crippen molar-refractivity contribution in [1.82, 2.24) is 9.80 Å². The van der Waals surface area contributed by atoms with Crippen LogP contribution in [0.3, 0.4) is 0 Å². The molecule has 0 aromatic rings. The Morgan fingerprint density at radius 1 is 1.26 bits per heavy atom. The molecule has 2 fully saturated rings. The number of hydrogen-bond acceptors (Lipinski definition) is 3. The number of rotatable bonds is 4. The molecule has 0 radical (unpaired) electrons. The van der Waals surface area contributed by atoms with E-state index in [1.807, 2.05) is 0 Å². The summed E-state index contributed by atoms with van der Waals surface area (Å²) in [5, 5.41) is 0. The zero-order chi connectivity index (χ0) is 13.9. The lowest BCUT2D eigenvalue weighted by atomic mass is 9.70. The Hall–Kier alpha value is -0.120. The van der Waals surface area contributed by atoms with Gasteiger partial charge in [-0.1, -0.05) is 19.8 Å². The van der Waals surface area contributed by atoms with Gasteiger partial charge in [0.2, 0.25) is 0 Å². The minimum absolute atomic E-state index is 0.400. The third-order valence-electron chi connectivity index (χ3n) is 5.58. The maximum absolute atomic E-state index is 6.15. The van der Waals surface area contributed by atoms with E-state index in [-0.39, 0.29) is 0 Å². The molecule has 0 spiro atoms. The monoisotopic (exact) mass is 267 g/mol. The van der Waals surface area contributed by atoms with Gasteiger partial charge in [-0.3, -0.25) is 0 Å². The van der Waals surface area contributed by atoms with Crippen LogP contribution in [0.15, 0.2) is 0 Å². The van der Waals surface area contributed by atoms with Crippen LogP contribution in [-0.2, 0) is 0 Å². The van der Waals surface area contributed by atoms with Gasteiger partial charge in [-0.2, -0.15) is 0 Å².